The van der Waals surface area contributed by atoms with Crippen LogP contribution in [0.15, 0.2) is 11.5 Å². The second kappa shape index (κ2) is 23.3. The average molecular weight is 686 g/mol. The van der Waals surface area contributed by atoms with Gasteiger partial charge in [-0.1, -0.05) is 0 Å². The van der Waals surface area contributed by atoms with Crippen molar-refractivity contribution in [2.45, 2.75) is 63.0 Å². The number of hydrogen-bond acceptors (Lipinski definition) is 17. The lowest BCUT2D eigenvalue weighted by Crippen LogP contribution is -2.64. The summed E-state index contributed by atoms with van der Waals surface area (Å²) >= 11 is 0. The highest BCUT2D eigenvalue weighted by atomic mass is 16.7. The number of rotatable bonds is 24. The number of ether oxygens (including phenoxy) is 8. The smallest absolute Gasteiger partial charge is 0.221 e. The Morgan fingerprint density at radius 3 is 1.77 bits per heavy atom. The first-order valence-corrected chi connectivity index (χ1v) is 15.4. The molecular formula is C28H51N3O16. The van der Waals surface area contributed by atoms with Crippen LogP contribution in [-0.4, -0.2) is 184 Å². The van der Waals surface area contributed by atoms with E-state index in [9.17, 15) is 40.2 Å². The van der Waals surface area contributed by atoms with Crippen molar-refractivity contribution in [2.24, 2.45) is 0 Å². The highest BCUT2D eigenvalue weighted by molar-refractivity contribution is 5.75. The Balaban J connectivity index is 1.41. The van der Waals surface area contributed by atoms with Crippen LogP contribution in [0.3, 0.4) is 0 Å². The van der Waals surface area contributed by atoms with Crippen LogP contribution in [0.1, 0.15) is 13.8 Å². The van der Waals surface area contributed by atoms with Gasteiger partial charge >= 0.3 is 0 Å². The summed E-state index contributed by atoms with van der Waals surface area (Å²) in [5, 5.41) is 67.1. The fourth-order valence-electron chi connectivity index (χ4n) is 4.44. The molecule has 0 radical (unpaired) electrons. The first kappa shape index (κ1) is 41.1. The maximum atomic E-state index is 11.4. The summed E-state index contributed by atoms with van der Waals surface area (Å²) in [6.07, 6.45) is -8.66. The zero-order chi connectivity index (χ0) is 34.6. The Labute approximate surface area is 273 Å². The van der Waals surface area contributed by atoms with E-state index in [1.54, 1.807) is 0 Å². The third-order valence-electron chi connectivity index (χ3n) is 6.78. The van der Waals surface area contributed by atoms with E-state index >= 15 is 0 Å². The molecule has 2 aliphatic rings. The molecule has 2 rings (SSSR count). The van der Waals surface area contributed by atoms with E-state index in [1.807, 2.05) is 0 Å². The van der Waals surface area contributed by atoms with Gasteiger partial charge < -0.3 is 84.5 Å². The van der Waals surface area contributed by atoms with E-state index in [1.165, 1.54) is 13.8 Å². The molecule has 0 aliphatic carbocycles. The molecule has 0 spiro atoms. The summed E-state index contributed by atoms with van der Waals surface area (Å²) in [6.45, 7) is 5.34. The number of amides is 2. The maximum absolute atomic E-state index is 11.4. The maximum Gasteiger partial charge on any atom is 0.221 e. The minimum absolute atomic E-state index is 0.0496. The van der Waals surface area contributed by atoms with E-state index in [0.717, 1.165) is 0 Å². The van der Waals surface area contributed by atoms with Crippen molar-refractivity contribution in [2.75, 3.05) is 92.4 Å². The fourth-order valence-corrected chi connectivity index (χ4v) is 4.44. The molecule has 19 nitrogen and oxygen atoms in total. The topological polar surface area (TPSA) is 265 Å². The van der Waals surface area contributed by atoms with Crippen LogP contribution in [0.25, 0.3) is 0 Å². The average Bonchev–Trinajstić information content (AvgIpc) is 3.04. The number of aliphatic hydroxyl groups excluding tert-OH is 6. The Morgan fingerprint density at radius 1 is 0.702 bits per heavy atom. The van der Waals surface area contributed by atoms with E-state index < -0.39 is 79.9 Å². The van der Waals surface area contributed by atoms with Crippen LogP contribution >= 0.6 is 0 Å². The van der Waals surface area contributed by atoms with Gasteiger partial charge in [-0.2, -0.15) is 0 Å². The molecule has 19 heteroatoms. The fraction of sp³-hybridized carbons (Fsp3) is 0.857. The minimum atomic E-state index is -1.50. The SMILES string of the molecule is CC(=O)NC1=C(O)[C@@H](O)C(CO)O[C@H]1OCCOCCOCCNCCOCCOCCO[C@@H]1OC(CO)[C@H](O)C(O)C1NC(C)=O. The first-order valence-electron chi connectivity index (χ1n) is 15.4. The molecule has 2 heterocycles. The van der Waals surface area contributed by atoms with Crippen molar-refractivity contribution >= 4 is 11.8 Å². The Bertz CT molecular complexity index is 930. The third kappa shape index (κ3) is 14.9. The van der Waals surface area contributed by atoms with E-state index in [0.29, 0.717) is 52.7 Å². The molecule has 0 aromatic rings. The van der Waals surface area contributed by atoms with Gasteiger partial charge in [-0.15, -0.1) is 0 Å². The van der Waals surface area contributed by atoms with Crippen molar-refractivity contribution in [1.82, 2.24) is 16.0 Å². The predicted molar refractivity (Wildman–Crippen MR) is 159 cm³/mol. The molecule has 2 aliphatic heterocycles. The normalized spacial score (nSPS) is 28.0. The van der Waals surface area contributed by atoms with Gasteiger partial charge in [0.05, 0.1) is 79.3 Å². The standard InChI is InChI=1S/C28H51N3O16/c1-17(34)30-21-25(38)23(36)19(15-32)46-27(21)44-13-11-42-9-7-40-5-3-29-4-6-41-8-10-43-12-14-45-28-22(31-18(2)35)26(39)24(37)20(16-33)47-28/h19-21,23-25,27-29,32-33,36-39H,3-16H2,1-2H3,(H,30,34)(H,31,35)/t19?,20?,21?,23-,24-,25?,27+,28+/m0/s1. The van der Waals surface area contributed by atoms with Crippen molar-refractivity contribution < 1.29 is 78.1 Å². The van der Waals surface area contributed by atoms with Gasteiger partial charge in [0, 0.05) is 26.9 Å². The molecule has 9 N–H and O–H groups in total. The third-order valence-corrected chi connectivity index (χ3v) is 6.78. The Hall–Kier alpha value is -2.08. The van der Waals surface area contributed by atoms with E-state index in [2.05, 4.69) is 16.0 Å². The van der Waals surface area contributed by atoms with Gasteiger partial charge in [-0.05, 0) is 0 Å². The summed E-state index contributed by atoms with van der Waals surface area (Å²) in [4.78, 5) is 22.9. The molecule has 4 unspecified atom stereocenters. The Morgan fingerprint density at radius 2 is 1.23 bits per heavy atom. The van der Waals surface area contributed by atoms with Crippen LogP contribution in [-0.2, 0) is 47.5 Å². The lowest BCUT2D eigenvalue weighted by molar-refractivity contribution is -0.272. The summed E-state index contributed by atoms with van der Waals surface area (Å²) in [5.41, 5.74) is -0.125. The van der Waals surface area contributed by atoms with Crippen molar-refractivity contribution in [3.8, 4) is 0 Å². The first-order chi connectivity index (χ1) is 22.6. The van der Waals surface area contributed by atoms with Crippen LogP contribution in [0.2, 0.25) is 0 Å². The second-order valence-corrected chi connectivity index (χ2v) is 10.5. The molecule has 0 aromatic carbocycles. The van der Waals surface area contributed by atoms with Crippen LogP contribution in [0.4, 0.5) is 0 Å². The molecule has 8 atom stereocenters. The molecule has 47 heavy (non-hydrogen) atoms. The van der Waals surface area contributed by atoms with Crippen molar-refractivity contribution in [3.05, 3.63) is 11.5 Å². The van der Waals surface area contributed by atoms with Crippen LogP contribution in [0, 0.1) is 0 Å². The Kier molecular flexibility index (Phi) is 20.4. The molecule has 0 aromatic heterocycles. The van der Waals surface area contributed by atoms with Crippen LogP contribution in [0.5, 0.6) is 0 Å². The predicted octanol–water partition coefficient (Wildman–Crippen LogP) is -4.40. The number of carbonyl (C=O) groups excluding carboxylic acids is 2. The summed E-state index contributed by atoms with van der Waals surface area (Å²) in [5.74, 6) is -1.46. The zero-order valence-electron chi connectivity index (χ0n) is 26.8. The minimum Gasteiger partial charge on any atom is -0.507 e. The number of nitrogens with one attached hydrogen (secondary N) is 3. The zero-order valence-corrected chi connectivity index (χ0v) is 26.8. The quantitative estimate of drug-likeness (QED) is 0.0434. The van der Waals surface area contributed by atoms with Crippen molar-refractivity contribution in [1.29, 1.82) is 0 Å². The second-order valence-electron chi connectivity index (χ2n) is 10.5. The summed E-state index contributed by atoms with van der Waals surface area (Å²) in [7, 11) is 0. The van der Waals surface area contributed by atoms with Crippen molar-refractivity contribution in [3.63, 3.8) is 0 Å². The van der Waals surface area contributed by atoms with Gasteiger partial charge in [-0.3, -0.25) is 9.59 Å². The highest BCUT2D eigenvalue weighted by Crippen LogP contribution is 2.24. The van der Waals surface area contributed by atoms with Gasteiger partial charge in [0.15, 0.2) is 6.29 Å². The van der Waals surface area contributed by atoms with E-state index in [-0.39, 0.29) is 32.1 Å². The molecular weight excluding hydrogens is 634 g/mol. The number of aliphatic hydroxyl groups is 6. The lowest BCUT2D eigenvalue weighted by Gasteiger charge is -2.42. The molecule has 1 saturated heterocycles. The summed E-state index contributed by atoms with van der Waals surface area (Å²) in [6, 6.07) is -1.00. The summed E-state index contributed by atoms with van der Waals surface area (Å²) < 4.78 is 43.8. The monoisotopic (exact) mass is 685 g/mol. The van der Waals surface area contributed by atoms with Crippen LogP contribution < -0.4 is 16.0 Å². The molecule has 0 bridgehead atoms. The largest absolute Gasteiger partial charge is 0.507 e. The highest BCUT2D eigenvalue weighted by Gasteiger charge is 2.45. The number of hydrogen-bond donors (Lipinski definition) is 9. The van der Waals surface area contributed by atoms with Gasteiger partial charge in [0.1, 0.15) is 48.0 Å². The molecule has 274 valence electrons. The molecule has 2 amide bonds. The lowest BCUT2D eigenvalue weighted by atomic mass is 9.97. The molecule has 0 saturated carbocycles. The van der Waals surface area contributed by atoms with Gasteiger partial charge in [0.25, 0.3) is 0 Å². The number of carbonyl (C=O) groups is 2. The van der Waals surface area contributed by atoms with E-state index in [4.69, 9.17) is 37.9 Å². The van der Waals surface area contributed by atoms with Gasteiger partial charge in [-0.25, -0.2) is 0 Å². The molecule has 1 fully saturated rings. The van der Waals surface area contributed by atoms with Gasteiger partial charge in [0.2, 0.25) is 18.1 Å².